The third-order valence-electron chi connectivity index (χ3n) is 4.37. The highest BCUT2D eigenvalue weighted by molar-refractivity contribution is 5.79. The first-order valence-corrected chi connectivity index (χ1v) is 9.11. The number of nitrogens with one attached hydrogen (secondary N) is 2. The second kappa shape index (κ2) is 10.2. The van der Waals surface area contributed by atoms with Gasteiger partial charge < -0.3 is 20.1 Å². The normalized spacial score (nSPS) is 24.7. The second-order valence-corrected chi connectivity index (χ2v) is 7.84. The van der Waals surface area contributed by atoms with Crippen LogP contribution < -0.4 is 10.6 Å². The molecule has 0 bridgehead atoms. The molecule has 3 atom stereocenters. The lowest BCUT2D eigenvalue weighted by Gasteiger charge is -2.35. The van der Waals surface area contributed by atoms with E-state index in [2.05, 4.69) is 55.1 Å². The summed E-state index contributed by atoms with van der Waals surface area (Å²) in [5.74, 6) is 0.838. The van der Waals surface area contributed by atoms with Gasteiger partial charge in [-0.15, -0.1) is 0 Å². The van der Waals surface area contributed by atoms with Crippen LogP contribution in [0.15, 0.2) is 4.99 Å². The van der Waals surface area contributed by atoms with Crippen LogP contribution in [0.4, 0.5) is 0 Å². The van der Waals surface area contributed by atoms with Gasteiger partial charge in [0.15, 0.2) is 5.96 Å². The molecule has 0 saturated carbocycles. The van der Waals surface area contributed by atoms with Crippen LogP contribution in [0, 0.1) is 5.41 Å². The van der Waals surface area contributed by atoms with Gasteiger partial charge in [-0.1, -0.05) is 20.8 Å². The molecule has 1 heterocycles. The van der Waals surface area contributed by atoms with E-state index in [1.54, 1.807) is 14.2 Å². The first-order chi connectivity index (χ1) is 11.3. The molecule has 0 aromatic carbocycles. The Labute approximate surface area is 148 Å². The maximum absolute atomic E-state index is 5.77. The maximum Gasteiger partial charge on any atom is 0.191 e. The number of ether oxygens (including phenoxy) is 2. The van der Waals surface area contributed by atoms with Crippen LogP contribution in [-0.4, -0.2) is 76.1 Å². The van der Waals surface area contributed by atoms with E-state index in [9.17, 15) is 0 Å². The molecule has 2 N–H and O–H groups in total. The molecule has 1 fully saturated rings. The number of nitrogens with zero attached hydrogens (tertiary/aromatic N) is 2. The van der Waals surface area contributed by atoms with Gasteiger partial charge in [-0.05, 0) is 25.7 Å². The van der Waals surface area contributed by atoms with Crippen LogP contribution in [0.3, 0.4) is 0 Å². The average molecular weight is 343 g/mol. The largest absolute Gasteiger partial charge is 0.379 e. The molecule has 1 saturated heterocycles. The summed E-state index contributed by atoms with van der Waals surface area (Å²) < 4.78 is 11.3. The van der Waals surface area contributed by atoms with Gasteiger partial charge in [-0.25, -0.2) is 0 Å². The summed E-state index contributed by atoms with van der Waals surface area (Å²) >= 11 is 0. The lowest BCUT2D eigenvalue weighted by atomic mass is 9.89. The zero-order valence-corrected chi connectivity index (χ0v) is 16.7. The van der Waals surface area contributed by atoms with Crippen LogP contribution in [0.5, 0.6) is 0 Å². The van der Waals surface area contributed by atoms with Gasteiger partial charge >= 0.3 is 0 Å². The van der Waals surface area contributed by atoms with Gasteiger partial charge in [0.05, 0.1) is 18.3 Å². The van der Waals surface area contributed by atoms with Crippen LogP contribution in [0.25, 0.3) is 0 Å². The van der Waals surface area contributed by atoms with E-state index in [1.165, 1.54) is 0 Å². The molecule has 142 valence electrons. The number of methoxy groups -OCH3 is 1. The minimum Gasteiger partial charge on any atom is -0.379 e. The fourth-order valence-corrected chi connectivity index (χ4v) is 3.13. The Hall–Kier alpha value is -0.850. The van der Waals surface area contributed by atoms with Crippen molar-refractivity contribution in [3.8, 4) is 0 Å². The topological polar surface area (TPSA) is 58.1 Å². The molecule has 0 radical (unpaired) electrons. The van der Waals surface area contributed by atoms with Crippen molar-refractivity contribution in [1.82, 2.24) is 15.5 Å². The Bertz CT molecular complexity index is 372. The molecule has 1 aliphatic heterocycles. The maximum atomic E-state index is 5.77. The molecule has 0 aliphatic carbocycles. The summed E-state index contributed by atoms with van der Waals surface area (Å²) in [4.78, 5) is 6.77. The van der Waals surface area contributed by atoms with E-state index in [0.717, 1.165) is 45.1 Å². The van der Waals surface area contributed by atoms with Crippen molar-refractivity contribution in [2.75, 3.05) is 46.9 Å². The van der Waals surface area contributed by atoms with E-state index < -0.39 is 0 Å². The van der Waals surface area contributed by atoms with Crippen LogP contribution in [0.2, 0.25) is 0 Å². The van der Waals surface area contributed by atoms with Gasteiger partial charge in [-0.2, -0.15) is 0 Å². The van der Waals surface area contributed by atoms with Crippen molar-refractivity contribution < 1.29 is 9.47 Å². The Morgan fingerprint density at radius 3 is 2.38 bits per heavy atom. The fraction of sp³-hybridized carbons (Fsp3) is 0.944. The summed E-state index contributed by atoms with van der Waals surface area (Å²) in [6.45, 7) is 15.6. The Kier molecular flexibility index (Phi) is 9.02. The number of hydrogen-bond acceptors (Lipinski definition) is 4. The first-order valence-electron chi connectivity index (χ1n) is 9.11. The summed E-state index contributed by atoms with van der Waals surface area (Å²) in [5.41, 5.74) is 0.102. The second-order valence-electron chi connectivity index (χ2n) is 7.84. The van der Waals surface area contributed by atoms with Gasteiger partial charge in [0.25, 0.3) is 0 Å². The fourth-order valence-electron chi connectivity index (χ4n) is 3.13. The monoisotopic (exact) mass is 342 g/mol. The van der Waals surface area contributed by atoms with E-state index >= 15 is 0 Å². The standard InChI is InChI=1S/C18H38N4O2/c1-14-12-22(13-15(2)24-14)10-8-9-20-17(19-6)21-11-16(23-7)18(3,4)5/h14-16H,8-13H2,1-7H3,(H2,19,20,21). The van der Waals surface area contributed by atoms with E-state index in [-0.39, 0.29) is 11.5 Å². The predicted octanol–water partition coefficient (Wildman–Crippen LogP) is 1.71. The van der Waals surface area contributed by atoms with Gasteiger partial charge in [0, 0.05) is 46.9 Å². The Balaban J connectivity index is 2.25. The number of guanidine groups is 1. The van der Waals surface area contributed by atoms with Crippen molar-refractivity contribution in [1.29, 1.82) is 0 Å². The van der Waals surface area contributed by atoms with Crippen molar-refractivity contribution in [3.05, 3.63) is 0 Å². The number of aliphatic imine (C=N–C) groups is 1. The average Bonchev–Trinajstić information content (AvgIpc) is 2.47. The molecule has 0 spiro atoms. The number of rotatable bonds is 7. The molecule has 1 aliphatic rings. The predicted molar refractivity (Wildman–Crippen MR) is 101 cm³/mol. The van der Waals surface area contributed by atoms with Gasteiger partial charge in [-0.3, -0.25) is 9.89 Å². The highest BCUT2D eigenvalue weighted by Gasteiger charge is 2.24. The molecule has 3 unspecified atom stereocenters. The van der Waals surface area contributed by atoms with E-state index in [0.29, 0.717) is 12.2 Å². The van der Waals surface area contributed by atoms with Crippen LogP contribution in [0.1, 0.15) is 41.0 Å². The van der Waals surface area contributed by atoms with Crippen molar-refractivity contribution in [2.24, 2.45) is 10.4 Å². The summed E-state index contributed by atoms with van der Waals surface area (Å²) in [5, 5.41) is 6.75. The van der Waals surface area contributed by atoms with E-state index in [1.807, 2.05) is 0 Å². The Morgan fingerprint density at radius 1 is 1.25 bits per heavy atom. The first kappa shape index (κ1) is 21.2. The molecule has 1 rings (SSSR count). The van der Waals surface area contributed by atoms with Crippen LogP contribution in [-0.2, 0) is 9.47 Å². The molecule has 6 nitrogen and oxygen atoms in total. The highest BCUT2D eigenvalue weighted by atomic mass is 16.5. The molecular weight excluding hydrogens is 304 g/mol. The SMILES string of the molecule is CN=C(NCCCN1CC(C)OC(C)C1)NCC(OC)C(C)(C)C. The molecule has 0 amide bonds. The smallest absolute Gasteiger partial charge is 0.191 e. The van der Waals surface area contributed by atoms with Gasteiger partial charge in [0.1, 0.15) is 0 Å². The quantitative estimate of drug-likeness (QED) is 0.419. The molecule has 0 aromatic rings. The highest BCUT2D eigenvalue weighted by Crippen LogP contribution is 2.20. The van der Waals surface area contributed by atoms with E-state index in [4.69, 9.17) is 9.47 Å². The lowest BCUT2D eigenvalue weighted by molar-refractivity contribution is -0.0679. The van der Waals surface area contributed by atoms with Crippen molar-refractivity contribution >= 4 is 5.96 Å². The zero-order chi connectivity index (χ0) is 18.2. The third kappa shape index (κ3) is 7.81. The lowest BCUT2D eigenvalue weighted by Crippen LogP contribution is -2.47. The molecule has 6 heteroatoms. The molecule has 0 aromatic heterocycles. The number of hydrogen-bond donors (Lipinski definition) is 2. The summed E-state index contributed by atoms with van der Waals surface area (Å²) in [6, 6.07) is 0. The minimum atomic E-state index is 0.102. The Morgan fingerprint density at radius 2 is 1.88 bits per heavy atom. The third-order valence-corrected chi connectivity index (χ3v) is 4.37. The van der Waals surface area contributed by atoms with Gasteiger partial charge in [0.2, 0.25) is 0 Å². The van der Waals surface area contributed by atoms with Crippen molar-refractivity contribution in [2.45, 2.75) is 59.4 Å². The number of morpholine rings is 1. The van der Waals surface area contributed by atoms with Crippen LogP contribution >= 0.6 is 0 Å². The molecule has 24 heavy (non-hydrogen) atoms. The summed E-state index contributed by atoms with van der Waals surface area (Å²) in [6.07, 6.45) is 1.90. The molecular formula is C18H38N4O2. The minimum absolute atomic E-state index is 0.102. The van der Waals surface area contributed by atoms with Crippen molar-refractivity contribution in [3.63, 3.8) is 0 Å². The zero-order valence-electron chi connectivity index (χ0n) is 16.7. The summed E-state index contributed by atoms with van der Waals surface area (Å²) in [7, 11) is 3.57.